The number of rotatable bonds is 2. The summed E-state index contributed by atoms with van der Waals surface area (Å²) < 4.78 is 0. The fourth-order valence-corrected chi connectivity index (χ4v) is 3.02. The second-order valence-corrected chi connectivity index (χ2v) is 5.34. The fraction of sp³-hybridized carbons (Fsp3) is 0.923. The van der Waals surface area contributed by atoms with Crippen LogP contribution in [0.1, 0.15) is 38.5 Å². The maximum absolute atomic E-state index is 9.31. The van der Waals surface area contributed by atoms with Crippen molar-refractivity contribution in [1.82, 2.24) is 4.90 Å². The minimum atomic E-state index is 0.366. The molecule has 2 rings (SSSR count). The van der Waals surface area contributed by atoms with Crippen molar-refractivity contribution in [2.75, 3.05) is 20.1 Å². The predicted molar refractivity (Wildman–Crippen MR) is 61.3 cm³/mol. The van der Waals surface area contributed by atoms with Crippen LogP contribution in [0.3, 0.4) is 0 Å². The lowest BCUT2D eigenvalue weighted by molar-refractivity contribution is 0.176. The van der Waals surface area contributed by atoms with Crippen molar-refractivity contribution in [2.45, 2.75) is 38.5 Å². The van der Waals surface area contributed by atoms with E-state index in [1.54, 1.807) is 0 Å². The van der Waals surface area contributed by atoms with Crippen molar-refractivity contribution in [3.05, 3.63) is 0 Å². The van der Waals surface area contributed by atoms with Crippen molar-refractivity contribution in [3.8, 4) is 6.07 Å². The van der Waals surface area contributed by atoms with Gasteiger partial charge in [0, 0.05) is 0 Å². The minimum absolute atomic E-state index is 0.366. The zero-order chi connectivity index (χ0) is 10.7. The summed E-state index contributed by atoms with van der Waals surface area (Å²) in [4.78, 5) is 2.41. The number of nitriles is 1. The normalized spacial score (nSPS) is 31.3. The molecule has 0 bridgehead atoms. The molecule has 2 aliphatic rings. The van der Waals surface area contributed by atoms with Crippen LogP contribution in [-0.2, 0) is 0 Å². The average molecular weight is 206 g/mol. The smallest absolute Gasteiger partial charge is 0.0661 e. The molecule has 0 N–H and O–H groups in total. The molecule has 1 aliphatic heterocycles. The van der Waals surface area contributed by atoms with E-state index in [4.69, 9.17) is 0 Å². The van der Waals surface area contributed by atoms with E-state index in [0.29, 0.717) is 11.8 Å². The maximum atomic E-state index is 9.31. The summed E-state index contributed by atoms with van der Waals surface area (Å²) in [7, 11) is 2.20. The monoisotopic (exact) mass is 206 g/mol. The summed E-state index contributed by atoms with van der Waals surface area (Å²) in [5, 5.41) is 9.31. The molecule has 2 heteroatoms. The summed E-state index contributed by atoms with van der Waals surface area (Å²) in [6.45, 7) is 2.41. The Hall–Kier alpha value is -0.550. The SMILES string of the molecule is CN1CCCC(C(C#N)C2CCC2)CC1. The van der Waals surface area contributed by atoms with Gasteiger partial charge >= 0.3 is 0 Å². The minimum Gasteiger partial charge on any atom is -0.306 e. The Balaban J connectivity index is 1.92. The lowest BCUT2D eigenvalue weighted by Crippen LogP contribution is -2.28. The number of hydrogen-bond donors (Lipinski definition) is 0. The largest absolute Gasteiger partial charge is 0.306 e. The molecule has 0 amide bonds. The molecular weight excluding hydrogens is 184 g/mol. The van der Waals surface area contributed by atoms with E-state index in [1.807, 2.05) is 0 Å². The van der Waals surface area contributed by atoms with Crippen LogP contribution in [0, 0.1) is 29.1 Å². The van der Waals surface area contributed by atoms with Crippen LogP contribution in [0.4, 0.5) is 0 Å². The highest BCUT2D eigenvalue weighted by atomic mass is 15.1. The first kappa shape index (κ1) is 11.0. The predicted octanol–water partition coefficient (Wildman–Crippen LogP) is 2.66. The Morgan fingerprint density at radius 1 is 1.07 bits per heavy atom. The zero-order valence-electron chi connectivity index (χ0n) is 9.78. The molecular formula is C13H22N2. The van der Waals surface area contributed by atoms with Gasteiger partial charge in [0.1, 0.15) is 0 Å². The molecule has 0 radical (unpaired) electrons. The molecule has 1 saturated carbocycles. The Morgan fingerprint density at radius 2 is 1.73 bits per heavy atom. The van der Waals surface area contributed by atoms with Gasteiger partial charge in [0.05, 0.1) is 12.0 Å². The van der Waals surface area contributed by atoms with Gasteiger partial charge in [-0.3, -0.25) is 0 Å². The third kappa shape index (κ3) is 2.52. The van der Waals surface area contributed by atoms with E-state index in [9.17, 15) is 5.26 Å². The number of likely N-dealkylation sites (tertiary alicyclic amines) is 1. The molecule has 15 heavy (non-hydrogen) atoms. The van der Waals surface area contributed by atoms with Gasteiger partial charge in [-0.05, 0) is 64.1 Å². The summed E-state index contributed by atoms with van der Waals surface area (Å²) >= 11 is 0. The molecule has 2 fully saturated rings. The molecule has 0 aromatic carbocycles. The van der Waals surface area contributed by atoms with Gasteiger partial charge in [0.15, 0.2) is 0 Å². The lowest BCUT2D eigenvalue weighted by Gasteiger charge is -2.34. The first-order chi connectivity index (χ1) is 7.31. The highest BCUT2D eigenvalue weighted by Crippen LogP contribution is 2.40. The van der Waals surface area contributed by atoms with Crippen LogP contribution in [0.25, 0.3) is 0 Å². The molecule has 84 valence electrons. The highest BCUT2D eigenvalue weighted by molar-refractivity contribution is 4.96. The third-order valence-corrected chi connectivity index (χ3v) is 4.31. The Bertz CT molecular complexity index is 239. The number of hydrogen-bond acceptors (Lipinski definition) is 2. The maximum Gasteiger partial charge on any atom is 0.0661 e. The van der Waals surface area contributed by atoms with E-state index in [-0.39, 0.29) is 0 Å². The first-order valence-electron chi connectivity index (χ1n) is 6.39. The van der Waals surface area contributed by atoms with Gasteiger partial charge < -0.3 is 4.90 Å². The van der Waals surface area contributed by atoms with E-state index in [2.05, 4.69) is 18.0 Å². The highest BCUT2D eigenvalue weighted by Gasteiger charge is 2.33. The third-order valence-electron chi connectivity index (χ3n) is 4.31. The fourth-order valence-electron chi connectivity index (χ4n) is 3.02. The van der Waals surface area contributed by atoms with Crippen molar-refractivity contribution in [3.63, 3.8) is 0 Å². The van der Waals surface area contributed by atoms with Crippen LogP contribution >= 0.6 is 0 Å². The first-order valence-corrected chi connectivity index (χ1v) is 6.39. The summed E-state index contributed by atoms with van der Waals surface area (Å²) in [5.41, 5.74) is 0. The number of nitrogens with zero attached hydrogens (tertiary/aromatic N) is 2. The van der Waals surface area contributed by atoms with Crippen LogP contribution in [0.15, 0.2) is 0 Å². The van der Waals surface area contributed by atoms with Crippen LogP contribution in [0.2, 0.25) is 0 Å². The van der Waals surface area contributed by atoms with Gasteiger partial charge in [0.2, 0.25) is 0 Å². The second kappa shape index (κ2) is 4.99. The standard InChI is InChI=1S/C13H22N2/c1-15-8-3-6-12(7-9-15)13(10-14)11-4-2-5-11/h11-13H,2-9H2,1H3. The van der Waals surface area contributed by atoms with E-state index in [1.165, 1.54) is 51.6 Å². The van der Waals surface area contributed by atoms with Gasteiger partial charge in [0.25, 0.3) is 0 Å². The molecule has 0 spiro atoms. The summed E-state index contributed by atoms with van der Waals surface area (Å²) in [6, 6.07) is 2.60. The van der Waals surface area contributed by atoms with Crippen molar-refractivity contribution < 1.29 is 0 Å². The van der Waals surface area contributed by atoms with Gasteiger partial charge in [-0.25, -0.2) is 0 Å². The van der Waals surface area contributed by atoms with Gasteiger partial charge in [-0.15, -0.1) is 0 Å². The Kier molecular flexibility index (Phi) is 3.64. The molecule has 0 aromatic rings. The summed E-state index contributed by atoms with van der Waals surface area (Å²) in [6.07, 6.45) is 7.78. The Morgan fingerprint density at radius 3 is 2.33 bits per heavy atom. The van der Waals surface area contributed by atoms with Gasteiger partial charge in [-0.2, -0.15) is 5.26 Å². The summed E-state index contributed by atoms with van der Waals surface area (Å²) in [5.74, 6) is 1.79. The van der Waals surface area contributed by atoms with Crippen molar-refractivity contribution in [1.29, 1.82) is 5.26 Å². The molecule has 1 aliphatic carbocycles. The van der Waals surface area contributed by atoms with Crippen LogP contribution in [0.5, 0.6) is 0 Å². The molecule has 1 heterocycles. The van der Waals surface area contributed by atoms with Gasteiger partial charge in [-0.1, -0.05) is 6.42 Å². The topological polar surface area (TPSA) is 27.0 Å². The van der Waals surface area contributed by atoms with Crippen LogP contribution < -0.4 is 0 Å². The lowest BCUT2D eigenvalue weighted by atomic mass is 9.69. The molecule has 0 aromatic heterocycles. The Labute approximate surface area is 93.3 Å². The van der Waals surface area contributed by atoms with Crippen molar-refractivity contribution in [2.24, 2.45) is 17.8 Å². The molecule has 2 nitrogen and oxygen atoms in total. The quantitative estimate of drug-likeness (QED) is 0.694. The zero-order valence-corrected chi connectivity index (χ0v) is 9.78. The average Bonchev–Trinajstić information content (AvgIpc) is 2.36. The molecule has 1 saturated heterocycles. The van der Waals surface area contributed by atoms with Crippen molar-refractivity contribution >= 4 is 0 Å². The van der Waals surface area contributed by atoms with Crippen LogP contribution in [-0.4, -0.2) is 25.0 Å². The van der Waals surface area contributed by atoms with E-state index >= 15 is 0 Å². The molecule has 2 atom stereocenters. The van der Waals surface area contributed by atoms with E-state index < -0.39 is 0 Å². The van der Waals surface area contributed by atoms with E-state index in [0.717, 1.165) is 5.92 Å². The molecule has 2 unspecified atom stereocenters. The second-order valence-electron chi connectivity index (χ2n) is 5.34.